The molecule has 0 saturated heterocycles. The zero-order valence-electron chi connectivity index (χ0n) is 29.2. The van der Waals surface area contributed by atoms with E-state index in [9.17, 15) is 0 Å². The van der Waals surface area contributed by atoms with Gasteiger partial charge >= 0.3 is 0 Å². The van der Waals surface area contributed by atoms with Crippen molar-refractivity contribution in [3.05, 3.63) is 144 Å². The molecule has 0 atom stereocenters. The van der Waals surface area contributed by atoms with Gasteiger partial charge in [0.05, 0.1) is 6.85 Å². The van der Waals surface area contributed by atoms with Gasteiger partial charge in [-0.15, -0.1) is 0 Å². The number of benzene rings is 8. The first-order chi connectivity index (χ1) is 23.7. The average molecular weight is 566 g/mol. The van der Waals surface area contributed by atoms with Crippen LogP contribution in [0.1, 0.15) is 31.8 Å². The Bertz CT molecular complexity index is 2890. The third kappa shape index (κ3) is 2.99. The van der Waals surface area contributed by atoms with Gasteiger partial charge in [-0.05, 0) is 77.3 Å². The van der Waals surface area contributed by atoms with Crippen molar-refractivity contribution in [1.82, 2.24) is 0 Å². The van der Waals surface area contributed by atoms with Gasteiger partial charge in [-0.3, -0.25) is 0 Å². The van der Waals surface area contributed by atoms with Gasteiger partial charge in [-0.2, -0.15) is 0 Å². The van der Waals surface area contributed by atoms with E-state index in [0.717, 1.165) is 65.4 Å². The molecule has 44 heavy (non-hydrogen) atoms. The maximum atomic E-state index is 8.70. The van der Waals surface area contributed by atoms with Gasteiger partial charge in [-0.25, -0.2) is 0 Å². The molecule has 0 N–H and O–H groups in total. The van der Waals surface area contributed by atoms with Crippen LogP contribution in [-0.2, 0) is 5.41 Å². The molecule has 8 aromatic carbocycles. The molecule has 1 heterocycles. The standard InChI is InChI=1S/C43H28O/c1-43(2)35-14-7-6-11-33(35)40-36(43)23-24-37-41(40)34-13-8-12-32(42(34)44-37)29-20-16-27-17-21-30-28(25-9-4-3-5-10-25)19-15-26-18-22-31(29)39(27)38(26)30/h3-24H,1-2H3/i3D,4D,5D,9D,10D. The van der Waals surface area contributed by atoms with Crippen molar-refractivity contribution in [3.63, 3.8) is 0 Å². The molecule has 0 amide bonds. The van der Waals surface area contributed by atoms with Gasteiger partial charge in [0.1, 0.15) is 11.2 Å². The molecule has 0 aliphatic heterocycles. The molecule has 1 aliphatic carbocycles. The molecule has 1 nitrogen and oxygen atoms in total. The van der Waals surface area contributed by atoms with Crippen LogP contribution in [0, 0.1) is 0 Å². The van der Waals surface area contributed by atoms with E-state index in [-0.39, 0.29) is 35.1 Å². The summed E-state index contributed by atoms with van der Waals surface area (Å²) in [6, 6.07) is 34.6. The molecule has 0 bridgehead atoms. The highest BCUT2D eigenvalue weighted by molar-refractivity contribution is 6.28. The molecule has 9 aromatic rings. The lowest BCUT2D eigenvalue weighted by Crippen LogP contribution is -2.14. The van der Waals surface area contributed by atoms with Crippen LogP contribution in [0.2, 0.25) is 0 Å². The van der Waals surface area contributed by atoms with Crippen molar-refractivity contribution in [3.8, 4) is 33.4 Å². The van der Waals surface area contributed by atoms with E-state index in [1.165, 1.54) is 22.3 Å². The molecule has 1 heteroatoms. The predicted molar refractivity (Wildman–Crippen MR) is 186 cm³/mol. The first-order valence-corrected chi connectivity index (χ1v) is 15.0. The van der Waals surface area contributed by atoms with Crippen molar-refractivity contribution >= 4 is 54.3 Å². The monoisotopic (exact) mass is 565 g/mol. The van der Waals surface area contributed by atoms with Crippen LogP contribution in [0.25, 0.3) is 87.6 Å². The highest BCUT2D eigenvalue weighted by atomic mass is 16.3. The van der Waals surface area contributed by atoms with Crippen LogP contribution in [0.4, 0.5) is 0 Å². The number of furan rings is 1. The summed E-state index contributed by atoms with van der Waals surface area (Å²) in [5, 5.41) is 8.34. The van der Waals surface area contributed by atoms with Crippen LogP contribution in [0.5, 0.6) is 0 Å². The molecule has 10 rings (SSSR count). The minimum Gasteiger partial charge on any atom is -0.455 e. The average Bonchev–Trinajstić information content (AvgIpc) is 3.61. The highest BCUT2D eigenvalue weighted by Gasteiger charge is 2.37. The summed E-state index contributed by atoms with van der Waals surface area (Å²) >= 11 is 0. The summed E-state index contributed by atoms with van der Waals surface area (Å²) < 4.78 is 48.9. The summed E-state index contributed by atoms with van der Waals surface area (Å²) in [6.45, 7) is 4.59. The summed E-state index contributed by atoms with van der Waals surface area (Å²) in [5.41, 5.74) is 9.68. The van der Waals surface area contributed by atoms with E-state index in [1.807, 2.05) is 18.2 Å². The quantitative estimate of drug-likeness (QED) is 0.190. The molecule has 206 valence electrons. The third-order valence-corrected chi connectivity index (χ3v) is 9.93. The molecule has 0 unspecified atom stereocenters. The lowest BCUT2D eigenvalue weighted by atomic mass is 9.82. The van der Waals surface area contributed by atoms with Gasteiger partial charge in [0, 0.05) is 21.8 Å². The molecule has 0 saturated carbocycles. The minimum atomic E-state index is -0.390. The maximum absolute atomic E-state index is 8.70. The second-order valence-corrected chi connectivity index (χ2v) is 12.5. The van der Waals surface area contributed by atoms with E-state index in [1.54, 1.807) is 0 Å². The third-order valence-electron chi connectivity index (χ3n) is 9.93. The predicted octanol–water partition coefficient (Wildman–Crippen LogP) is 12.1. The normalized spacial score (nSPS) is 15.5. The van der Waals surface area contributed by atoms with Crippen molar-refractivity contribution in [2.24, 2.45) is 0 Å². The number of hydrogen-bond donors (Lipinski definition) is 0. The molecule has 1 aromatic heterocycles. The summed E-state index contributed by atoms with van der Waals surface area (Å²) in [7, 11) is 0. The smallest absolute Gasteiger partial charge is 0.143 e. The first-order valence-electron chi connectivity index (χ1n) is 17.5. The topological polar surface area (TPSA) is 13.1 Å². The van der Waals surface area contributed by atoms with Gasteiger partial charge in [0.2, 0.25) is 0 Å². The summed E-state index contributed by atoms with van der Waals surface area (Å²) in [4.78, 5) is 0. The zero-order chi connectivity index (χ0) is 33.5. The van der Waals surface area contributed by atoms with Crippen molar-refractivity contribution in [2.45, 2.75) is 19.3 Å². The molecule has 0 spiro atoms. The van der Waals surface area contributed by atoms with Gasteiger partial charge in [-0.1, -0.05) is 141 Å². The van der Waals surface area contributed by atoms with Crippen LogP contribution in [0.3, 0.4) is 0 Å². The SMILES string of the molecule is [2H]c1c([2H])c([2H])c(-c2ccc3ccc4c(-c5cccc6c5oc5ccc7c(c56)-c5ccccc5C7(C)C)ccc5ccc2c3c54)c([2H])c1[2H]. The Morgan fingerprint density at radius 1 is 0.523 bits per heavy atom. The molecule has 1 aliphatic rings. The number of hydrogen-bond acceptors (Lipinski definition) is 1. The Hall–Kier alpha value is -5.40. The van der Waals surface area contributed by atoms with Crippen LogP contribution in [0.15, 0.2) is 138 Å². The van der Waals surface area contributed by atoms with Gasteiger partial charge < -0.3 is 4.42 Å². The molecule has 0 radical (unpaired) electrons. The minimum absolute atomic E-state index is 0.110. The summed E-state index contributed by atoms with van der Waals surface area (Å²) in [6.07, 6.45) is 0. The molecular formula is C43H28O. The Balaban J connectivity index is 1.26. The molecule has 0 fully saturated rings. The highest BCUT2D eigenvalue weighted by Crippen LogP contribution is 2.53. The Kier molecular flexibility index (Phi) is 3.75. The van der Waals surface area contributed by atoms with Crippen LogP contribution >= 0.6 is 0 Å². The fourth-order valence-corrected chi connectivity index (χ4v) is 7.93. The molecular weight excluding hydrogens is 532 g/mol. The number of fused-ring (bicyclic) bond motifs is 7. The van der Waals surface area contributed by atoms with Crippen LogP contribution in [-0.4, -0.2) is 0 Å². The lowest BCUT2D eigenvalue weighted by molar-refractivity contribution is 0.657. The van der Waals surface area contributed by atoms with Gasteiger partial charge in [0.15, 0.2) is 0 Å². The maximum Gasteiger partial charge on any atom is 0.143 e. The van der Waals surface area contributed by atoms with Crippen LogP contribution < -0.4 is 0 Å². The van der Waals surface area contributed by atoms with Crippen molar-refractivity contribution in [1.29, 1.82) is 0 Å². The van der Waals surface area contributed by atoms with E-state index < -0.39 is 6.04 Å². The van der Waals surface area contributed by atoms with E-state index >= 15 is 0 Å². The Morgan fingerprint density at radius 3 is 2.00 bits per heavy atom. The second-order valence-electron chi connectivity index (χ2n) is 12.5. The van der Waals surface area contributed by atoms with Crippen molar-refractivity contribution in [2.75, 3.05) is 0 Å². The van der Waals surface area contributed by atoms with E-state index in [2.05, 4.69) is 98.8 Å². The second kappa shape index (κ2) is 8.36. The first kappa shape index (κ1) is 19.7. The largest absolute Gasteiger partial charge is 0.455 e. The fourth-order valence-electron chi connectivity index (χ4n) is 7.93. The number of rotatable bonds is 2. The van der Waals surface area contributed by atoms with Gasteiger partial charge in [0.25, 0.3) is 0 Å². The lowest BCUT2D eigenvalue weighted by Gasteiger charge is -2.21. The Morgan fingerprint density at radius 2 is 1.20 bits per heavy atom. The zero-order valence-corrected chi connectivity index (χ0v) is 24.2. The van der Waals surface area contributed by atoms with Crippen molar-refractivity contribution < 1.29 is 11.3 Å². The Labute approximate surface area is 262 Å². The summed E-state index contributed by atoms with van der Waals surface area (Å²) in [5.74, 6) is 0. The number of para-hydroxylation sites is 1. The van der Waals surface area contributed by atoms with E-state index in [0.29, 0.717) is 5.56 Å². The van der Waals surface area contributed by atoms with E-state index in [4.69, 9.17) is 11.3 Å². The fraction of sp³-hybridized carbons (Fsp3) is 0.0698.